The Morgan fingerprint density at radius 1 is 1.12 bits per heavy atom. The van der Waals surface area contributed by atoms with Gasteiger partial charge in [0.2, 0.25) is 0 Å². The Morgan fingerprint density at radius 3 is 2.24 bits per heavy atom. The summed E-state index contributed by atoms with van der Waals surface area (Å²) >= 11 is -0.0987. The predicted molar refractivity (Wildman–Crippen MR) is 62.6 cm³/mol. The highest BCUT2D eigenvalue weighted by atomic mass is 32.2. The van der Waals surface area contributed by atoms with Crippen molar-refractivity contribution in [2.75, 3.05) is 0 Å². The van der Waals surface area contributed by atoms with Crippen molar-refractivity contribution in [1.82, 2.24) is 0 Å². The van der Waals surface area contributed by atoms with Crippen LogP contribution in [0.5, 0.6) is 0 Å². The maximum atomic E-state index is 12.1. The number of hydrogen-bond donors (Lipinski definition) is 0. The number of hydrogen-bond acceptors (Lipinski definition) is 1. The maximum Gasteiger partial charge on any atom is 0.446 e. The molecule has 1 aliphatic rings. The van der Waals surface area contributed by atoms with Crippen LogP contribution in [0.4, 0.5) is 13.2 Å². The first-order valence-electron chi connectivity index (χ1n) is 5.40. The van der Waals surface area contributed by atoms with Crippen LogP contribution in [0.15, 0.2) is 29.2 Å². The molecule has 0 radical (unpaired) electrons. The summed E-state index contributed by atoms with van der Waals surface area (Å²) in [6.07, 6.45) is 3.53. The Labute approximate surface area is 103 Å². The van der Waals surface area contributed by atoms with Gasteiger partial charge in [0.25, 0.3) is 0 Å². The summed E-state index contributed by atoms with van der Waals surface area (Å²) in [6.45, 7) is 0. The fourth-order valence-electron chi connectivity index (χ4n) is 1.48. The van der Waals surface area contributed by atoms with E-state index < -0.39 is 5.51 Å². The Hall–Kier alpha value is -1.08. The van der Waals surface area contributed by atoms with Gasteiger partial charge >= 0.3 is 5.51 Å². The Kier molecular flexibility index (Phi) is 3.68. The van der Waals surface area contributed by atoms with Crippen molar-refractivity contribution < 1.29 is 13.2 Å². The van der Waals surface area contributed by atoms with Gasteiger partial charge < -0.3 is 0 Å². The van der Waals surface area contributed by atoms with Gasteiger partial charge in [0.05, 0.1) is 0 Å². The average Bonchev–Trinajstić information content (AvgIpc) is 2.16. The van der Waals surface area contributed by atoms with Crippen LogP contribution in [-0.2, 0) is 0 Å². The standard InChI is InChI=1S/C13H11F3S/c14-13(15,16)17-12-8-6-11(7-9-12)5-4-10-2-1-3-10/h6-10H,1-3H2. The normalized spacial score (nSPS) is 15.9. The molecule has 0 unspecified atom stereocenters. The summed E-state index contributed by atoms with van der Waals surface area (Å²) in [5.41, 5.74) is -3.44. The molecule has 0 saturated heterocycles. The molecule has 1 fully saturated rings. The molecule has 1 aliphatic carbocycles. The van der Waals surface area contributed by atoms with Gasteiger partial charge in [-0.25, -0.2) is 0 Å². The van der Waals surface area contributed by atoms with Crippen LogP contribution >= 0.6 is 11.8 Å². The molecule has 1 saturated carbocycles. The molecule has 0 heterocycles. The molecule has 0 bridgehead atoms. The van der Waals surface area contributed by atoms with E-state index >= 15 is 0 Å². The first-order valence-corrected chi connectivity index (χ1v) is 6.22. The molecule has 0 spiro atoms. The fraction of sp³-hybridized carbons (Fsp3) is 0.385. The maximum absolute atomic E-state index is 12.1. The summed E-state index contributed by atoms with van der Waals surface area (Å²) in [5.74, 6) is 6.61. The molecular weight excluding hydrogens is 245 g/mol. The van der Waals surface area contributed by atoms with E-state index in [0.29, 0.717) is 5.92 Å². The lowest BCUT2D eigenvalue weighted by atomic mass is 9.86. The zero-order chi connectivity index (χ0) is 12.3. The Balaban J connectivity index is 1.99. The van der Waals surface area contributed by atoms with Gasteiger partial charge in [0.1, 0.15) is 0 Å². The molecule has 0 nitrogen and oxygen atoms in total. The van der Waals surface area contributed by atoms with Crippen LogP contribution in [0.25, 0.3) is 0 Å². The van der Waals surface area contributed by atoms with Crippen LogP contribution in [0.1, 0.15) is 24.8 Å². The minimum absolute atomic E-state index is 0.0987. The molecule has 17 heavy (non-hydrogen) atoms. The van der Waals surface area contributed by atoms with Crippen LogP contribution in [-0.4, -0.2) is 5.51 Å². The van der Waals surface area contributed by atoms with Crippen molar-refractivity contribution in [1.29, 1.82) is 0 Å². The first-order chi connectivity index (χ1) is 8.03. The molecule has 1 aromatic carbocycles. The second kappa shape index (κ2) is 5.05. The van der Waals surface area contributed by atoms with Crippen LogP contribution in [0.3, 0.4) is 0 Å². The quantitative estimate of drug-likeness (QED) is 0.528. The predicted octanol–water partition coefficient (Wildman–Crippen LogP) is 4.45. The Morgan fingerprint density at radius 2 is 1.76 bits per heavy atom. The van der Waals surface area contributed by atoms with Crippen molar-refractivity contribution in [3.8, 4) is 11.8 Å². The topological polar surface area (TPSA) is 0 Å². The van der Waals surface area contributed by atoms with E-state index in [-0.39, 0.29) is 16.7 Å². The van der Waals surface area contributed by atoms with Gasteiger partial charge in [-0.2, -0.15) is 13.2 Å². The van der Waals surface area contributed by atoms with E-state index in [4.69, 9.17) is 0 Å². The van der Waals surface area contributed by atoms with Gasteiger partial charge in [0, 0.05) is 16.4 Å². The van der Waals surface area contributed by atoms with Gasteiger partial charge in [-0.15, -0.1) is 0 Å². The number of alkyl halides is 3. The number of benzene rings is 1. The zero-order valence-corrected chi connectivity index (χ0v) is 9.87. The largest absolute Gasteiger partial charge is 0.446 e. The van der Waals surface area contributed by atoms with Gasteiger partial charge in [0.15, 0.2) is 0 Å². The van der Waals surface area contributed by atoms with Gasteiger partial charge in [-0.3, -0.25) is 0 Å². The first kappa shape index (κ1) is 12.4. The van der Waals surface area contributed by atoms with Crippen LogP contribution in [0, 0.1) is 17.8 Å². The lowest BCUT2D eigenvalue weighted by molar-refractivity contribution is -0.0328. The molecule has 0 N–H and O–H groups in total. The molecule has 1 aromatic rings. The average molecular weight is 256 g/mol. The van der Waals surface area contributed by atoms with Crippen molar-refractivity contribution in [2.24, 2.45) is 5.92 Å². The lowest BCUT2D eigenvalue weighted by Crippen LogP contribution is -2.07. The Bertz CT molecular complexity index is 432. The summed E-state index contributed by atoms with van der Waals surface area (Å²) in [5, 5.41) is 0. The van der Waals surface area contributed by atoms with E-state index in [9.17, 15) is 13.2 Å². The molecule has 0 amide bonds. The second-order valence-corrected chi connectivity index (χ2v) is 5.11. The van der Waals surface area contributed by atoms with Gasteiger partial charge in [-0.05, 0) is 48.9 Å². The number of halogens is 3. The third-order valence-corrected chi connectivity index (χ3v) is 3.35. The highest BCUT2D eigenvalue weighted by Gasteiger charge is 2.28. The molecule has 90 valence electrons. The van der Waals surface area contributed by atoms with Crippen molar-refractivity contribution in [3.63, 3.8) is 0 Å². The monoisotopic (exact) mass is 256 g/mol. The highest BCUT2D eigenvalue weighted by molar-refractivity contribution is 8.00. The van der Waals surface area contributed by atoms with E-state index in [1.54, 1.807) is 12.1 Å². The molecular formula is C13H11F3S. The summed E-state index contributed by atoms with van der Waals surface area (Å²) in [6, 6.07) is 6.20. The van der Waals surface area contributed by atoms with Crippen molar-refractivity contribution in [2.45, 2.75) is 29.7 Å². The van der Waals surface area contributed by atoms with E-state index in [2.05, 4.69) is 11.8 Å². The fourth-order valence-corrected chi connectivity index (χ4v) is 2.02. The number of thioether (sulfide) groups is 1. The number of rotatable bonds is 1. The smallest absolute Gasteiger partial charge is 0.160 e. The van der Waals surface area contributed by atoms with Crippen LogP contribution < -0.4 is 0 Å². The molecule has 2 rings (SSSR count). The van der Waals surface area contributed by atoms with E-state index in [0.717, 1.165) is 18.4 Å². The summed E-state index contributed by atoms with van der Waals surface area (Å²) in [7, 11) is 0. The lowest BCUT2D eigenvalue weighted by Gasteiger charge is -2.18. The molecule has 4 heteroatoms. The van der Waals surface area contributed by atoms with E-state index in [1.165, 1.54) is 18.6 Å². The van der Waals surface area contributed by atoms with Crippen LogP contribution in [0.2, 0.25) is 0 Å². The summed E-state index contributed by atoms with van der Waals surface area (Å²) in [4.78, 5) is 0.201. The zero-order valence-electron chi connectivity index (χ0n) is 9.05. The highest BCUT2D eigenvalue weighted by Crippen LogP contribution is 2.36. The summed E-state index contributed by atoms with van der Waals surface area (Å²) < 4.78 is 36.3. The third kappa shape index (κ3) is 4.01. The van der Waals surface area contributed by atoms with Gasteiger partial charge in [-0.1, -0.05) is 18.3 Å². The minimum atomic E-state index is -4.22. The molecule has 0 atom stereocenters. The third-order valence-electron chi connectivity index (χ3n) is 2.61. The molecule has 0 aromatic heterocycles. The second-order valence-electron chi connectivity index (χ2n) is 3.97. The van der Waals surface area contributed by atoms with E-state index in [1.807, 2.05) is 0 Å². The van der Waals surface area contributed by atoms with Crippen molar-refractivity contribution >= 4 is 11.8 Å². The van der Waals surface area contributed by atoms with Crippen molar-refractivity contribution in [3.05, 3.63) is 29.8 Å². The minimum Gasteiger partial charge on any atom is -0.160 e. The SMILES string of the molecule is FC(F)(F)Sc1ccc(C#CC2CCC2)cc1. The molecule has 0 aliphatic heterocycles.